The summed E-state index contributed by atoms with van der Waals surface area (Å²) in [4.78, 5) is 0. The summed E-state index contributed by atoms with van der Waals surface area (Å²) < 4.78 is 0. The first-order valence-electron chi connectivity index (χ1n) is 5.50. The van der Waals surface area contributed by atoms with E-state index in [2.05, 4.69) is 33.8 Å². The van der Waals surface area contributed by atoms with E-state index in [0.717, 1.165) is 0 Å². The molecule has 1 aliphatic rings. The van der Waals surface area contributed by atoms with Gasteiger partial charge in [0.05, 0.1) is 12.2 Å². The van der Waals surface area contributed by atoms with Crippen molar-refractivity contribution in [2.45, 2.75) is 46.3 Å². The molecule has 0 radical (unpaired) electrons. The molecule has 0 aliphatic heterocycles. The molecular weight excluding hydrogens is 176 g/mol. The second-order valence-electron chi connectivity index (χ2n) is 4.98. The fraction of sp³-hybridized carbons (Fsp3) is 0.833. The molecule has 2 N–H and O–H groups in total. The van der Waals surface area contributed by atoms with E-state index < -0.39 is 12.2 Å². The minimum atomic E-state index is -0.586. The molecule has 0 bridgehead atoms. The first-order chi connectivity index (χ1) is 6.43. The van der Waals surface area contributed by atoms with Crippen molar-refractivity contribution in [1.29, 1.82) is 0 Å². The number of aliphatic hydroxyl groups excluding tert-OH is 2. The molecule has 1 aliphatic carbocycles. The summed E-state index contributed by atoms with van der Waals surface area (Å²) in [5, 5.41) is 19.5. The molecule has 14 heavy (non-hydrogen) atoms. The highest BCUT2D eigenvalue weighted by atomic mass is 16.3. The van der Waals surface area contributed by atoms with Crippen molar-refractivity contribution in [2.75, 3.05) is 0 Å². The maximum absolute atomic E-state index is 9.81. The molecule has 2 heteroatoms. The lowest BCUT2D eigenvalue weighted by Crippen LogP contribution is -2.39. The molecule has 0 saturated carbocycles. The van der Waals surface area contributed by atoms with Gasteiger partial charge in [-0.25, -0.2) is 0 Å². The van der Waals surface area contributed by atoms with Gasteiger partial charge < -0.3 is 10.2 Å². The minimum Gasteiger partial charge on any atom is -0.390 e. The van der Waals surface area contributed by atoms with Gasteiger partial charge in [0, 0.05) is 5.92 Å². The van der Waals surface area contributed by atoms with Crippen LogP contribution in [0.5, 0.6) is 0 Å². The smallest absolute Gasteiger partial charge is 0.0867 e. The number of hydrogen-bond acceptors (Lipinski definition) is 2. The van der Waals surface area contributed by atoms with Crippen molar-refractivity contribution in [3.05, 3.63) is 11.6 Å². The normalized spacial score (nSPS) is 33.7. The van der Waals surface area contributed by atoms with E-state index in [0.29, 0.717) is 18.3 Å². The first kappa shape index (κ1) is 11.7. The molecule has 0 aromatic heterocycles. The quantitative estimate of drug-likeness (QED) is 0.666. The minimum absolute atomic E-state index is 0.108. The zero-order chi connectivity index (χ0) is 10.9. The predicted molar refractivity (Wildman–Crippen MR) is 57.9 cm³/mol. The molecule has 0 heterocycles. The fourth-order valence-electron chi connectivity index (χ4n) is 2.05. The highest BCUT2D eigenvalue weighted by Crippen LogP contribution is 2.32. The largest absolute Gasteiger partial charge is 0.390 e. The van der Waals surface area contributed by atoms with Crippen LogP contribution < -0.4 is 0 Å². The van der Waals surface area contributed by atoms with E-state index in [9.17, 15) is 10.2 Å². The van der Waals surface area contributed by atoms with Gasteiger partial charge in [-0.3, -0.25) is 0 Å². The van der Waals surface area contributed by atoms with Crippen molar-refractivity contribution < 1.29 is 10.2 Å². The van der Waals surface area contributed by atoms with Gasteiger partial charge in [-0.15, -0.1) is 0 Å². The maximum Gasteiger partial charge on any atom is 0.0867 e. The van der Waals surface area contributed by atoms with E-state index in [4.69, 9.17) is 0 Å². The summed E-state index contributed by atoms with van der Waals surface area (Å²) in [6.07, 6.45) is 1.62. The molecule has 0 aromatic carbocycles. The van der Waals surface area contributed by atoms with Gasteiger partial charge in [-0.1, -0.05) is 39.3 Å². The Labute approximate surface area is 86.6 Å². The molecule has 0 saturated heterocycles. The Kier molecular flexibility index (Phi) is 3.73. The zero-order valence-electron chi connectivity index (χ0n) is 9.57. The summed E-state index contributed by atoms with van der Waals surface area (Å²) in [6.45, 7) is 8.43. The third-order valence-electron chi connectivity index (χ3n) is 3.15. The molecule has 2 nitrogen and oxygen atoms in total. The standard InChI is InChI=1S/C12H22O2/c1-7(2)9-5-10(8(3)4)12(14)11(13)6-9/h5,7-8,10-14H,6H2,1-4H3. The van der Waals surface area contributed by atoms with E-state index in [1.807, 2.05) is 0 Å². The molecular formula is C12H22O2. The van der Waals surface area contributed by atoms with Crippen molar-refractivity contribution >= 4 is 0 Å². The second-order valence-corrected chi connectivity index (χ2v) is 4.98. The highest BCUT2D eigenvalue weighted by molar-refractivity contribution is 5.15. The lowest BCUT2D eigenvalue weighted by molar-refractivity contribution is -0.0237. The van der Waals surface area contributed by atoms with Crippen LogP contribution in [0.4, 0.5) is 0 Å². The summed E-state index contributed by atoms with van der Waals surface area (Å²) in [7, 11) is 0. The van der Waals surface area contributed by atoms with Gasteiger partial charge >= 0.3 is 0 Å². The van der Waals surface area contributed by atoms with Crippen LogP contribution in [0.1, 0.15) is 34.1 Å². The van der Waals surface area contributed by atoms with E-state index in [1.165, 1.54) is 5.57 Å². The van der Waals surface area contributed by atoms with Crippen LogP contribution >= 0.6 is 0 Å². The Balaban J connectivity index is 2.86. The Bertz CT molecular complexity index is 218. The monoisotopic (exact) mass is 198 g/mol. The van der Waals surface area contributed by atoms with Crippen molar-refractivity contribution in [2.24, 2.45) is 17.8 Å². The van der Waals surface area contributed by atoms with Gasteiger partial charge in [0.15, 0.2) is 0 Å². The van der Waals surface area contributed by atoms with Crippen LogP contribution in [0.25, 0.3) is 0 Å². The van der Waals surface area contributed by atoms with Gasteiger partial charge in [-0.05, 0) is 18.3 Å². The van der Waals surface area contributed by atoms with E-state index in [-0.39, 0.29) is 5.92 Å². The van der Waals surface area contributed by atoms with Crippen LogP contribution in [-0.2, 0) is 0 Å². The topological polar surface area (TPSA) is 40.5 Å². The summed E-state index contributed by atoms with van der Waals surface area (Å²) in [5.41, 5.74) is 1.28. The van der Waals surface area contributed by atoms with Crippen LogP contribution in [-0.4, -0.2) is 22.4 Å². The summed E-state index contributed by atoms with van der Waals surface area (Å²) in [6, 6.07) is 0. The molecule has 0 aromatic rings. The van der Waals surface area contributed by atoms with Crippen LogP contribution in [0, 0.1) is 17.8 Å². The Morgan fingerprint density at radius 1 is 1.21 bits per heavy atom. The van der Waals surface area contributed by atoms with Gasteiger partial charge in [0.25, 0.3) is 0 Å². The first-order valence-corrected chi connectivity index (χ1v) is 5.50. The van der Waals surface area contributed by atoms with Crippen molar-refractivity contribution in [3.8, 4) is 0 Å². The highest BCUT2D eigenvalue weighted by Gasteiger charge is 2.32. The van der Waals surface area contributed by atoms with Crippen molar-refractivity contribution in [1.82, 2.24) is 0 Å². The molecule has 1 rings (SSSR count). The number of rotatable bonds is 2. The summed E-state index contributed by atoms with van der Waals surface area (Å²) >= 11 is 0. The van der Waals surface area contributed by atoms with Gasteiger partial charge in [0.2, 0.25) is 0 Å². The lowest BCUT2D eigenvalue weighted by Gasteiger charge is -2.34. The third-order valence-corrected chi connectivity index (χ3v) is 3.15. The molecule has 82 valence electrons. The SMILES string of the molecule is CC(C)C1=CC(C(C)C)C(O)C(O)C1. The predicted octanol–water partition coefficient (Wildman–Crippen LogP) is 1.97. The summed E-state index contributed by atoms with van der Waals surface area (Å²) in [5.74, 6) is 0.961. The molecule has 3 unspecified atom stereocenters. The Morgan fingerprint density at radius 3 is 2.21 bits per heavy atom. The second kappa shape index (κ2) is 4.45. The van der Waals surface area contributed by atoms with Crippen LogP contribution in [0.2, 0.25) is 0 Å². The van der Waals surface area contributed by atoms with E-state index in [1.54, 1.807) is 0 Å². The average Bonchev–Trinajstić information content (AvgIpc) is 2.08. The van der Waals surface area contributed by atoms with Crippen LogP contribution in [0.15, 0.2) is 11.6 Å². The van der Waals surface area contributed by atoms with E-state index >= 15 is 0 Å². The fourth-order valence-corrected chi connectivity index (χ4v) is 2.05. The van der Waals surface area contributed by atoms with Crippen molar-refractivity contribution in [3.63, 3.8) is 0 Å². The molecule has 0 amide bonds. The number of aliphatic hydroxyl groups is 2. The lowest BCUT2D eigenvalue weighted by atomic mass is 9.77. The third kappa shape index (κ3) is 2.37. The Morgan fingerprint density at radius 2 is 1.79 bits per heavy atom. The molecule has 3 atom stereocenters. The number of hydrogen-bond donors (Lipinski definition) is 2. The molecule has 0 fully saturated rings. The average molecular weight is 198 g/mol. The maximum atomic E-state index is 9.81. The van der Waals surface area contributed by atoms with Gasteiger partial charge in [0.1, 0.15) is 0 Å². The van der Waals surface area contributed by atoms with Gasteiger partial charge in [-0.2, -0.15) is 0 Å². The zero-order valence-corrected chi connectivity index (χ0v) is 9.57. The Hall–Kier alpha value is -0.340. The molecule has 0 spiro atoms. The van der Waals surface area contributed by atoms with Crippen LogP contribution in [0.3, 0.4) is 0 Å².